The number of benzene rings is 3. The van der Waals surface area contributed by atoms with Crippen molar-refractivity contribution in [2.24, 2.45) is 0 Å². The van der Waals surface area contributed by atoms with Crippen molar-refractivity contribution in [3.63, 3.8) is 0 Å². The SMILES string of the molecule is O=CCc1cn(Cc2ccc(Oc3cc(Cl)ccc3Cl)cc2)c2ccccc12. The van der Waals surface area contributed by atoms with Crippen molar-refractivity contribution in [1.82, 2.24) is 4.57 Å². The molecule has 0 aliphatic carbocycles. The second-order valence-corrected chi connectivity index (χ2v) is 7.33. The fourth-order valence-corrected chi connectivity index (χ4v) is 3.57. The highest BCUT2D eigenvalue weighted by Crippen LogP contribution is 2.32. The van der Waals surface area contributed by atoms with Gasteiger partial charge < -0.3 is 14.1 Å². The van der Waals surface area contributed by atoms with Gasteiger partial charge in [-0.2, -0.15) is 0 Å². The van der Waals surface area contributed by atoms with Crippen molar-refractivity contribution < 1.29 is 9.53 Å². The van der Waals surface area contributed by atoms with E-state index in [9.17, 15) is 4.79 Å². The predicted octanol–water partition coefficient (Wildman–Crippen LogP) is 6.53. The third kappa shape index (κ3) is 3.91. The lowest BCUT2D eigenvalue weighted by Crippen LogP contribution is -1.98. The third-order valence-electron chi connectivity index (χ3n) is 4.57. The minimum absolute atomic E-state index is 0.417. The summed E-state index contributed by atoms with van der Waals surface area (Å²) in [5.74, 6) is 1.21. The van der Waals surface area contributed by atoms with Crippen LogP contribution in [0.4, 0.5) is 0 Å². The Morgan fingerprint density at radius 2 is 1.75 bits per heavy atom. The van der Waals surface area contributed by atoms with Gasteiger partial charge in [0.1, 0.15) is 17.8 Å². The summed E-state index contributed by atoms with van der Waals surface area (Å²) in [5.41, 5.74) is 3.29. The van der Waals surface area contributed by atoms with Crippen molar-refractivity contribution in [2.75, 3.05) is 0 Å². The standard InChI is InChI=1S/C23H17Cl2NO2/c24-18-7-10-21(25)23(13-18)28-19-8-5-16(6-9-19)14-26-15-17(11-12-27)20-3-1-2-4-22(20)26/h1-10,12-13,15H,11,14H2. The number of carbonyl (C=O) groups excluding carboxylic acids is 1. The molecular weight excluding hydrogens is 393 g/mol. The Balaban J connectivity index is 1.56. The van der Waals surface area contributed by atoms with E-state index >= 15 is 0 Å². The van der Waals surface area contributed by atoms with Crippen LogP contribution in [0.1, 0.15) is 11.1 Å². The second kappa shape index (κ2) is 8.09. The molecular formula is C23H17Cl2NO2. The maximum Gasteiger partial charge on any atom is 0.147 e. The molecule has 3 aromatic carbocycles. The number of halogens is 2. The summed E-state index contributed by atoms with van der Waals surface area (Å²) in [5, 5.41) is 2.20. The lowest BCUT2D eigenvalue weighted by Gasteiger charge is -2.10. The zero-order valence-corrected chi connectivity index (χ0v) is 16.5. The van der Waals surface area contributed by atoms with Crippen molar-refractivity contribution >= 4 is 40.4 Å². The first-order valence-electron chi connectivity index (χ1n) is 8.86. The van der Waals surface area contributed by atoms with E-state index in [0.717, 1.165) is 28.3 Å². The number of rotatable bonds is 6. The molecule has 0 amide bonds. The first-order valence-corrected chi connectivity index (χ1v) is 9.62. The second-order valence-electron chi connectivity index (χ2n) is 6.49. The number of carbonyl (C=O) groups is 1. The number of hydrogen-bond acceptors (Lipinski definition) is 2. The Hall–Kier alpha value is -2.75. The summed E-state index contributed by atoms with van der Waals surface area (Å²) in [6.07, 6.45) is 3.41. The van der Waals surface area contributed by atoms with Crippen LogP contribution in [-0.4, -0.2) is 10.9 Å². The lowest BCUT2D eigenvalue weighted by atomic mass is 10.1. The van der Waals surface area contributed by atoms with Gasteiger partial charge in [-0.05, 0) is 41.5 Å². The van der Waals surface area contributed by atoms with Gasteiger partial charge in [-0.3, -0.25) is 0 Å². The molecule has 1 heterocycles. The van der Waals surface area contributed by atoms with Crippen molar-refractivity contribution in [1.29, 1.82) is 0 Å². The number of nitrogens with zero attached hydrogens (tertiary/aromatic N) is 1. The monoisotopic (exact) mass is 409 g/mol. The average Bonchev–Trinajstić information content (AvgIpc) is 3.04. The van der Waals surface area contributed by atoms with E-state index in [2.05, 4.69) is 22.9 Å². The van der Waals surface area contributed by atoms with Crippen LogP contribution in [0.5, 0.6) is 11.5 Å². The normalized spacial score (nSPS) is 10.9. The van der Waals surface area contributed by atoms with Crippen LogP contribution in [-0.2, 0) is 17.8 Å². The predicted molar refractivity (Wildman–Crippen MR) is 114 cm³/mol. The average molecular weight is 410 g/mol. The zero-order valence-electron chi connectivity index (χ0n) is 14.9. The molecule has 0 aliphatic heterocycles. The molecule has 1 aromatic heterocycles. The highest BCUT2D eigenvalue weighted by atomic mass is 35.5. The van der Waals surface area contributed by atoms with E-state index in [-0.39, 0.29) is 0 Å². The molecule has 0 spiro atoms. The summed E-state index contributed by atoms with van der Waals surface area (Å²) >= 11 is 12.2. The van der Waals surface area contributed by atoms with Crippen molar-refractivity contribution in [3.05, 3.63) is 94.1 Å². The number of hydrogen-bond donors (Lipinski definition) is 0. The van der Waals surface area contributed by atoms with Crippen molar-refractivity contribution in [3.8, 4) is 11.5 Å². The van der Waals surface area contributed by atoms with Crippen LogP contribution in [0, 0.1) is 0 Å². The molecule has 0 bridgehead atoms. The fourth-order valence-electron chi connectivity index (χ4n) is 3.25. The molecule has 5 heteroatoms. The Labute approximate surface area is 173 Å². The molecule has 140 valence electrons. The van der Waals surface area contributed by atoms with Gasteiger partial charge in [0.25, 0.3) is 0 Å². The summed E-state index contributed by atoms with van der Waals surface area (Å²) in [6.45, 7) is 0.706. The topological polar surface area (TPSA) is 31.2 Å². The van der Waals surface area contributed by atoms with Gasteiger partial charge in [-0.15, -0.1) is 0 Å². The fraction of sp³-hybridized carbons (Fsp3) is 0.0870. The van der Waals surface area contributed by atoms with Crippen LogP contribution in [0.3, 0.4) is 0 Å². The van der Waals surface area contributed by atoms with Crippen LogP contribution in [0.15, 0.2) is 72.9 Å². The Morgan fingerprint density at radius 3 is 2.54 bits per heavy atom. The molecule has 0 radical (unpaired) electrons. The smallest absolute Gasteiger partial charge is 0.147 e. The van der Waals surface area contributed by atoms with E-state index in [1.807, 2.05) is 36.4 Å². The molecule has 0 aliphatic rings. The maximum atomic E-state index is 11.0. The minimum atomic E-state index is 0.417. The summed E-state index contributed by atoms with van der Waals surface area (Å²) in [6, 6.07) is 21.1. The first-order chi connectivity index (χ1) is 13.6. The van der Waals surface area contributed by atoms with Gasteiger partial charge in [-0.1, -0.05) is 53.5 Å². The summed E-state index contributed by atoms with van der Waals surface area (Å²) in [4.78, 5) is 11.0. The van der Waals surface area contributed by atoms with Gasteiger partial charge in [0.05, 0.1) is 5.02 Å². The Morgan fingerprint density at radius 1 is 0.964 bits per heavy atom. The van der Waals surface area contributed by atoms with Crippen LogP contribution < -0.4 is 4.74 Å². The molecule has 0 saturated carbocycles. The van der Waals surface area contributed by atoms with E-state index < -0.39 is 0 Å². The van der Waals surface area contributed by atoms with Crippen LogP contribution in [0.2, 0.25) is 10.0 Å². The maximum absolute atomic E-state index is 11.0. The van der Waals surface area contributed by atoms with Crippen LogP contribution in [0.25, 0.3) is 10.9 Å². The molecule has 0 saturated heterocycles. The number of para-hydroxylation sites is 1. The van der Waals surface area contributed by atoms with Gasteiger partial charge in [0.15, 0.2) is 0 Å². The van der Waals surface area contributed by atoms with Gasteiger partial charge in [0.2, 0.25) is 0 Å². The molecule has 28 heavy (non-hydrogen) atoms. The molecule has 0 fully saturated rings. The minimum Gasteiger partial charge on any atom is -0.456 e. The molecule has 4 aromatic rings. The Kier molecular flexibility index (Phi) is 5.38. The first kappa shape index (κ1) is 18.6. The number of ether oxygens (including phenoxy) is 1. The Bertz CT molecular complexity index is 1130. The van der Waals surface area contributed by atoms with E-state index in [4.69, 9.17) is 27.9 Å². The molecule has 0 N–H and O–H groups in total. The summed E-state index contributed by atoms with van der Waals surface area (Å²) in [7, 11) is 0. The third-order valence-corrected chi connectivity index (χ3v) is 5.12. The van der Waals surface area contributed by atoms with E-state index in [0.29, 0.717) is 34.5 Å². The molecule has 3 nitrogen and oxygen atoms in total. The van der Waals surface area contributed by atoms with Crippen molar-refractivity contribution in [2.45, 2.75) is 13.0 Å². The highest BCUT2D eigenvalue weighted by molar-refractivity contribution is 6.34. The van der Waals surface area contributed by atoms with Gasteiger partial charge in [-0.25, -0.2) is 0 Å². The molecule has 0 unspecified atom stereocenters. The highest BCUT2D eigenvalue weighted by Gasteiger charge is 2.09. The van der Waals surface area contributed by atoms with E-state index in [1.165, 1.54) is 0 Å². The van der Waals surface area contributed by atoms with Gasteiger partial charge in [0, 0.05) is 41.2 Å². The number of aldehydes is 1. The number of aromatic nitrogens is 1. The molecule has 0 atom stereocenters. The van der Waals surface area contributed by atoms with Crippen LogP contribution >= 0.6 is 23.2 Å². The molecule has 4 rings (SSSR count). The summed E-state index contributed by atoms with van der Waals surface area (Å²) < 4.78 is 8.00. The number of fused-ring (bicyclic) bond motifs is 1. The lowest BCUT2D eigenvalue weighted by molar-refractivity contribution is -0.107. The largest absolute Gasteiger partial charge is 0.456 e. The van der Waals surface area contributed by atoms with Gasteiger partial charge >= 0.3 is 0 Å². The van der Waals surface area contributed by atoms with E-state index in [1.54, 1.807) is 18.2 Å². The quantitative estimate of drug-likeness (QED) is 0.339. The zero-order chi connectivity index (χ0) is 19.5.